The van der Waals surface area contributed by atoms with Crippen LogP contribution in [0.15, 0.2) is 12.5 Å². The molecule has 0 aliphatic heterocycles. The molecule has 11 heavy (non-hydrogen) atoms. The van der Waals surface area contributed by atoms with E-state index in [1.54, 1.807) is 6.20 Å². The van der Waals surface area contributed by atoms with E-state index < -0.39 is 0 Å². The van der Waals surface area contributed by atoms with E-state index in [1.807, 2.05) is 6.92 Å². The molecule has 0 spiro atoms. The topological polar surface area (TPSA) is 54.9 Å². The highest BCUT2D eigenvalue weighted by atomic mass is 16.1. The molecule has 1 aromatic rings. The molecule has 0 radical (unpaired) electrons. The van der Waals surface area contributed by atoms with Gasteiger partial charge in [-0.05, 0) is 6.92 Å². The van der Waals surface area contributed by atoms with Gasteiger partial charge in [0, 0.05) is 18.7 Å². The summed E-state index contributed by atoms with van der Waals surface area (Å²) in [4.78, 5) is 18.3. The first-order valence-electron chi connectivity index (χ1n) is 3.24. The number of aryl methyl sites for hydroxylation is 1. The number of carbonyl (C=O) groups excluding carboxylic acids is 1. The summed E-state index contributed by atoms with van der Waals surface area (Å²) in [5, 5.41) is 2.58. The van der Waals surface area contributed by atoms with E-state index in [-0.39, 0.29) is 5.91 Å². The Balaban J connectivity index is 2.86. The number of nitrogens with one attached hydrogen (secondary N) is 1. The molecule has 4 nitrogen and oxygen atoms in total. The number of carbonyl (C=O) groups is 1. The monoisotopic (exact) mass is 151 g/mol. The minimum absolute atomic E-state index is 0.119. The lowest BCUT2D eigenvalue weighted by molar-refractivity contribution is -0.114. The molecule has 1 rings (SSSR count). The van der Waals surface area contributed by atoms with Crippen molar-refractivity contribution in [2.45, 2.75) is 13.8 Å². The normalized spacial score (nSPS) is 9.27. The zero-order valence-corrected chi connectivity index (χ0v) is 6.46. The zero-order chi connectivity index (χ0) is 8.27. The van der Waals surface area contributed by atoms with Crippen LogP contribution >= 0.6 is 0 Å². The standard InChI is InChI=1S/C7H9N3O/c1-5-3-8-4-9-7(5)10-6(2)11/h3-4H,1-2H3,(H,8,9,10,11). The minimum Gasteiger partial charge on any atom is -0.311 e. The summed E-state index contributed by atoms with van der Waals surface area (Å²) in [5.74, 6) is 0.458. The van der Waals surface area contributed by atoms with Crippen molar-refractivity contribution < 1.29 is 4.79 Å². The van der Waals surface area contributed by atoms with E-state index in [1.165, 1.54) is 13.3 Å². The summed E-state index contributed by atoms with van der Waals surface area (Å²) in [6, 6.07) is 0. The Morgan fingerprint density at radius 2 is 2.36 bits per heavy atom. The molecule has 0 aliphatic carbocycles. The maximum atomic E-state index is 10.6. The van der Waals surface area contributed by atoms with Gasteiger partial charge in [0.15, 0.2) is 0 Å². The van der Waals surface area contributed by atoms with Crippen molar-refractivity contribution in [2.24, 2.45) is 0 Å². The molecule has 1 aromatic heterocycles. The Morgan fingerprint density at radius 1 is 1.64 bits per heavy atom. The average Bonchev–Trinajstić information content (AvgIpc) is 1.93. The van der Waals surface area contributed by atoms with Crippen molar-refractivity contribution in [3.63, 3.8) is 0 Å². The Morgan fingerprint density at radius 3 is 2.91 bits per heavy atom. The van der Waals surface area contributed by atoms with Crippen molar-refractivity contribution >= 4 is 11.7 Å². The molecule has 0 aliphatic rings. The first kappa shape index (κ1) is 7.65. The molecule has 1 heterocycles. The van der Waals surface area contributed by atoms with Crippen molar-refractivity contribution in [3.05, 3.63) is 18.1 Å². The number of aromatic nitrogens is 2. The van der Waals surface area contributed by atoms with Crippen molar-refractivity contribution in [2.75, 3.05) is 5.32 Å². The molecule has 1 amide bonds. The van der Waals surface area contributed by atoms with Crippen molar-refractivity contribution in [1.29, 1.82) is 0 Å². The summed E-state index contributed by atoms with van der Waals surface area (Å²) < 4.78 is 0. The van der Waals surface area contributed by atoms with Gasteiger partial charge >= 0.3 is 0 Å². The van der Waals surface area contributed by atoms with Gasteiger partial charge < -0.3 is 5.32 Å². The number of rotatable bonds is 1. The lowest BCUT2D eigenvalue weighted by Gasteiger charge is -2.01. The third-order valence-electron chi connectivity index (χ3n) is 1.19. The Bertz CT molecular complexity index is 272. The number of hydrogen-bond acceptors (Lipinski definition) is 3. The smallest absolute Gasteiger partial charge is 0.222 e. The van der Waals surface area contributed by atoms with Gasteiger partial charge in [0.05, 0.1) is 0 Å². The molecule has 0 saturated heterocycles. The van der Waals surface area contributed by atoms with Gasteiger partial charge in [0.1, 0.15) is 12.1 Å². The number of hydrogen-bond donors (Lipinski definition) is 1. The largest absolute Gasteiger partial charge is 0.311 e. The molecule has 0 aromatic carbocycles. The second kappa shape index (κ2) is 3.09. The molecule has 4 heteroatoms. The fraction of sp³-hybridized carbons (Fsp3) is 0.286. The number of amides is 1. The van der Waals surface area contributed by atoms with Crippen LogP contribution in [0.3, 0.4) is 0 Å². The fourth-order valence-corrected chi connectivity index (χ4v) is 0.697. The average molecular weight is 151 g/mol. The first-order valence-corrected chi connectivity index (χ1v) is 3.24. The number of nitrogens with zero attached hydrogens (tertiary/aromatic N) is 2. The van der Waals surface area contributed by atoms with Gasteiger partial charge in [-0.25, -0.2) is 9.97 Å². The lowest BCUT2D eigenvalue weighted by atomic mass is 10.3. The lowest BCUT2D eigenvalue weighted by Crippen LogP contribution is -2.08. The van der Waals surface area contributed by atoms with Crippen LogP contribution in [0.25, 0.3) is 0 Å². The zero-order valence-electron chi connectivity index (χ0n) is 6.46. The van der Waals surface area contributed by atoms with Gasteiger partial charge in [0.25, 0.3) is 0 Å². The van der Waals surface area contributed by atoms with Crippen LogP contribution in [0.5, 0.6) is 0 Å². The van der Waals surface area contributed by atoms with Crippen LogP contribution in [0.1, 0.15) is 12.5 Å². The van der Waals surface area contributed by atoms with E-state index >= 15 is 0 Å². The Kier molecular flexibility index (Phi) is 2.15. The Hall–Kier alpha value is -1.45. The summed E-state index contributed by atoms with van der Waals surface area (Å²) in [6.07, 6.45) is 3.05. The molecular formula is C7H9N3O. The molecule has 0 unspecified atom stereocenters. The second-order valence-corrected chi connectivity index (χ2v) is 2.24. The van der Waals surface area contributed by atoms with Crippen LogP contribution in [0.2, 0.25) is 0 Å². The van der Waals surface area contributed by atoms with Gasteiger partial charge in [-0.2, -0.15) is 0 Å². The van der Waals surface area contributed by atoms with Crippen LogP contribution in [0.4, 0.5) is 5.82 Å². The third kappa shape index (κ3) is 2.00. The SMILES string of the molecule is CC(=O)Nc1ncncc1C. The fourth-order valence-electron chi connectivity index (χ4n) is 0.697. The highest BCUT2D eigenvalue weighted by Crippen LogP contribution is 2.06. The first-order chi connectivity index (χ1) is 5.20. The maximum absolute atomic E-state index is 10.6. The van der Waals surface area contributed by atoms with E-state index in [2.05, 4.69) is 15.3 Å². The predicted octanol–water partition coefficient (Wildman–Crippen LogP) is 0.743. The quantitative estimate of drug-likeness (QED) is 0.644. The van der Waals surface area contributed by atoms with Crippen molar-refractivity contribution in [1.82, 2.24) is 9.97 Å². The summed E-state index contributed by atoms with van der Waals surface area (Å²) >= 11 is 0. The predicted molar refractivity (Wildman–Crippen MR) is 41.1 cm³/mol. The third-order valence-corrected chi connectivity index (χ3v) is 1.19. The second-order valence-electron chi connectivity index (χ2n) is 2.24. The van der Waals surface area contributed by atoms with E-state index in [9.17, 15) is 4.79 Å². The number of anilines is 1. The van der Waals surface area contributed by atoms with Gasteiger partial charge in [-0.3, -0.25) is 4.79 Å². The van der Waals surface area contributed by atoms with Gasteiger partial charge in [-0.15, -0.1) is 0 Å². The highest BCUT2D eigenvalue weighted by molar-refractivity contribution is 5.88. The molecular weight excluding hydrogens is 142 g/mol. The molecule has 58 valence electrons. The van der Waals surface area contributed by atoms with Gasteiger partial charge in [-0.1, -0.05) is 0 Å². The van der Waals surface area contributed by atoms with Crippen LogP contribution in [-0.2, 0) is 4.79 Å². The molecule has 0 bridgehead atoms. The minimum atomic E-state index is -0.119. The van der Waals surface area contributed by atoms with Crippen LogP contribution in [-0.4, -0.2) is 15.9 Å². The summed E-state index contributed by atoms with van der Waals surface area (Å²) in [7, 11) is 0. The van der Waals surface area contributed by atoms with Gasteiger partial charge in [0.2, 0.25) is 5.91 Å². The van der Waals surface area contributed by atoms with E-state index in [0.29, 0.717) is 5.82 Å². The summed E-state index contributed by atoms with van der Waals surface area (Å²) in [5.41, 5.74) is 0.864. The maximum Gasteiger partial charge on any atom is 0.222 e. The highest BCUT2D eigenvalue weighted by Gasteiger charge is 1.98. The van der Waals surface area contributed by atoms with E-state index in [0.717, 1.165) is 5.56 Å². The van der Waals surface area contributed by atoms with E-state index in [4.69, 9.17) is 0 Å². The Labute approximate surface area is 64.7 Å². The van der Waals surface area contributed by atoms with Crippen molar-refractivity contribution in [3.8, 4) is 0 Å². The molecule has 0 fully saturated rings. The molecule has 0 atom stereocenters. The van der Waals surface area contributed by atoms with Crippen LogP contribution in [0, 0.1) is 6.92 Å². The van der Waals surface area contributed by atoms with Crippen LogP contribution < -0.4 is 5.32 Å². The summed E-state index contributed by atoms with van der Waals surface area (Å²) in [6.45, 7) is 3.28. The molecule has 1 N–H and O–H groups in total. The molecule has 0 saturated carbocycles.